The minimum atomic E-state index is -2.51. The third-order valence-electron chi connectivity index (χ3n) is 8.62. The van der Waals surface area contributed by atoms with Gasteiger partial charge in [0.15, 0.2) is 0 Å². The highest BCUT2D eigenvalue weighted by molar-refractivity contribution is 6.35. The Kier molecular flexibility index (Phi) is 9.04. The highest BCUT2D eigenvalue weighted by atomic mass is 35.5. The lowest BCUT2D eigenvalue weighted by Gasteiger charge is -2.38. The summed E-state index contributed by atoms with van der Waals surface area (Å²) >= 11 is 12.7. The Morgan fingerprint density at radius 1 is 1.08 bits per heavy atom. The topological polar surface area (TPSA) is 72.9 Å². The molecule has 2 N–H and O–H groups in total. The van der Waals surface area contributed by atoms with Crippen LogP contribution in [0.15, 0.2) is 18.2 Å². The quantitative estimate of drug-likeness (QED) is 0.451. The highest BCUT2D eigenvalue weighted by Crippen LogP contribution is 2.41. The maximum absolute atomic E-state index is 13.6. The Balaban J connectivity index is 1.34. The van der Waals surface area contributed by atoms with Gasteiger partial charge in [0.2, 0.25) is 11.8 Å². The molecule has 10 heteroatoms. The van der Waals surface area contributed by atoms with Crippen molar-refractivity contribution in [3.63, 3.8) is 0 Å². The van der Waals surface area contributed by atoms with Gasteiger partial charge in [-0.2, -0.15) is 0 Å². The predicted molar refractivity (Wildman–Crippen MR) is 140 cm³/mol. The van der Waals surface area contributed by atoms with Crippen molar-refractivity contribution in [2.24, 2.45) is 17.3 Å². The molecule has 1 aromatic rings. The van der Waals surface area contributed by atoms with Crippen LogP contribution in [0.5, 0.6) is 0 Å². The van der Waals surface area contributed by atoms with Crippen LogP contribution >= 0.6 is 23.2 Å². The van der Waals surface area contributed by atoms with E-state index in [4.69, 9.17) is 23.2 Å². The van der Waals surface area contributed by atoms with Crippen molar-refractivity contribution < 1.29 is 23.5 Å². The molecular formula is C27H37Cl2F2N3O3. The van der Waals surface area contributed by atoms with Crippen LogP contribution < -0.4 is 5.32 Å². The molecule has 1 aliphatic carbocycles. The summed E-state index contributed by atoms with van der Waals surface area (Å²) < 4.78 is 26.9. The van der Waals surface area contributed by atoms with Crippen molar-refractivity contribution in [3.8, 4) is 0 Å². The van der Waals surface area contributed by atoms with E-state index in [0.29, 0.717) is 48.4 Å². The number of piperidine rings is 1. The van der Waals surface area contributed by atoms with Gasteiger partial charge in [0.25, 0.3) is 0 Å². The molecule has 1 aromatic carbocycles. The number of carboxylic acid groups (broad SMARTS) is 1. The van der Waals surface area contributed by atoms with Crippen molar-refractivity contribution in [3.05, 3.63) is 33.8 Å². The van der Waals surface area contributed by atoms with Gasteiger partial charge in [-0.25, -0.2) is 8.78 Å². The van der Waals surface area contributed by atoms with Crippen molar-refractivity contribution in [1.82, 2.24) is 15.1 Å². The first-order valence-electron chi connectivity index (χ1n) is 13.3. The fourth-order valence-corrected chi connectivity index (χ4v) is 6.84. The summed E-state index contributed by atoms with van der Waals surface area (Å²) in [5.41, 5.74) is -0.261. The Labute approximate surface area is 227 Å². The Morgan fingerprint density at radius 2 is 1.70 bits per heavy atom. The van der Waals surface area contributed by atoms with Crippen molar-refractivity contribution in [2.45, 2.75) is 70.4 Å². The molecule has 37 heavy (non-hydrogen) atoms. The number of amides is 1. The SMILES string of the molecule is C[C@H]1CN(Cc2c(Cl)cccc2Cl)C[C@]1(CC(=O)O)C(=O)NC1CCN(CC2CCC(F)(F)CC2)CC1. The van der Waals surface area contributed by atoms with E-state index >= 15 is 0 Å². The number of alkyl halides is 2. The van der Waals surface area contributed by atoms with Crippen LogP contribution in [0.1, 0.15) is 57.4 Å². The Bertz CT molecular complexity index is 959. The van der Waals surface area contributed by atoms with Crippen molar-refractivity contribution in [2.75, 3.05) is 32.7 Å². The molecule has 0 aromatic heterocycles. The van der Waals surface area contributed by atoms with E-state index in [1.165, 1.54) is 0 Å². The molecule has 2 heterocycles. The molecule has 2 saturated heterocycles. The van der Waals surface area contributed by atoms with Crippen LogP contribution in [0, 0.1) is 17.3 Å². The van der Waals surface area contributed by atoms with Crippen LogP contribution in [0.2, 0.25) is 10.0 Å². The molecule has 6 nitrogen and oxygen atoms in total. The fourth-order valence-electron chi connectivity index (χ4n) is 6.32. The zero-order valence-electron chi connectivity index (χ0n) is 21.3. The molecular weight excluding hydrogens is 523 g/mol. The third-order valence-corrected chi connectivity index (χ3v) is 9.33. The summed E-state index contributed by atoms with van der Waals surface area (Å²) in [6.07, 6.45) is 2.39. The number of halogens is 4. The summed E-state index contributed by atoms with van der Waals surface area (Å²) in [5, 5.41) is 14.0. The maximum Gasteiger partial charge on any atom is 0.304 e. The van der Waals surface area contributed by atoms with Crippen LogP contribution in [-0.4, -0.2) is 71.5 Å². The number of nitrogens with one attached hydrogen (secondary N) is 1. The number of carbonyl (C=O) groups is 2. The minimum absolute atomic E-state index is 0.0201. The third kappa shape index (κ3) is 6.94. The van der Waals surface area contributed by atoms with Gasteiger partial charge in [-0.3, -0.25) is 14.5 Å². The number of benzene rings is 1. The number of rotatable bonds is 8. The molecule has 0 bridgehead atoms. The van der Waals surface area contributed by atoms with Gasteiger partial charge in [0, 0.05) is 73.8 Å². The van der Waals surface area contributed by atoms with E-state index in [-0.39, 0.29) is 37.1 Å². The molecule has 3 aliphatic rings. The first-order valence-corrected chi connectivity index (χ1v) is 14.0. The summed E-state index contributed by atoms with van der Waals surface area (Å²) in [5.74, 6) is -3.56. The van der Waals surface area contributed by atoms with Gasteiger partial charge >= 0.3 is 5.97 Å². The molecule has 206 valence electrons. The fraction of sp³-hybridized carbons (Fsp3) is 0.704. The number of aliphatic carboxylic acids is 1. The lowest BCUT2D eigenvalue weighted by Crippen LogP contribution is -2.53. The van der Waals surface area contributed by atoms with Crippen LogP contribution in [0.25, 0.3) is 0 Å². The lowest BCUT2D eigenvalue weighted by atomic mass is 9.75. The molecule has 1 amide bonds. The predicted octanol–water partition coefficient (Wildman–Crippen LogP) is 5.31. The number of carbonyl (C=O) groups excluding carboxylic acids is 1. The summed E-state index contributed by atoms with van der Waals surface area (Å²) in [6, 6.07) is 5.30. The molecule has 3 fully saturated rings. The Hall–Kier alpha value is -1.48. The number of hydrogen-bond donors (Lipinski definition) is 2. The zero-order valence-corrected chi connectivity index (χ0v) is 22.8. The Morgan fingerprint density at radius 3 is 2.30 bits per heavy atom. The van der Waals surface area contributed by atoms with E-state index in [1.54, 1.807) is 18.2 Å². The molecule has 4 rings (SSSR count). The number of carboxylic acids is 1. The van der Waals surface area contributed by atoms with Gasteiger partial charge in [0.05, 0.1) is 11.8 Å². The lowest BCUT2D eigenvalue weighted by molar-refractivity contribution is -0.147. The van der Waals surface area contributed by atoms with Gasteiger partial charge < -0.3 is 15.3 Å². The molecule has 1 saturated carbocycles. The first-order chi connectivity index (χ1) is 17.5. The standard InChI is InChI=1S/C27H37Cl2F2N3O3/c1-18-14-34(16-21-22(28)3-2-4-23(21)29)17-26(18,13-24(35)36)25(37)32-20-7-11-33(12-8-20)15-19-5-9-27(30,31)10-6-19/h2-4,18-20H,5-17H2,1H3,(H,32,37)(H,35,36)/t18-,26-/m0/s1. The first kappa shape index (κ1) is 28.5. The molecule has 0 spiro atoms. The minimum Gasteiger partial charge on any atom is -0.481 e. The number of hydrogen-bond acceptors (Lipinski definition) is 4. The molecule has 2 atom stereocenters. The van der Waals surface area contributed by atoms with Crippen LogP contribution in [-0.2, 0) is 16.1 Å². The molecule has 0 radical (unpaired) electrons. The van der Waals surface area contributed by atoms with Gasteiger partial charge in [-0.05, 0) is 49.7 Å². The van der Waals surface area contributed by atoms with Gasteiger partial charge in [-0.1, -0.05) is 36.2 Å². The second kappa shape index (κ2) is 11.7. The van der Waals surface area contributed by atoms with E-state index in [0.717, 1.165) is 38.0 Å². The van der Waals surface area contributed by atoms with E-state index < -0.39 is 17.3 Å². The van der Waals surface area contributed by atoms with Crippen LogP contribution in [0.3, 0.4) is 0 Å². The highest BCUT2D eigenvalue weighted by Gasteiger charge is 2.51. The molecule has 0 unspecified atom stereocenters. The summed E-state index contributed by atoms with van der Waals surface area (Å²) in [7, 11) is 0. The van der Waals surface area contributed by atoms with Crippen molar-refractivity contribution >= 4 is 35.1 Å². The maximum atomic E-state index is 13.6. The second-order valence-corrected chi connectivity index (χ2v) is 12.2. The van der Waals surface area contributed by atoms with Crippen LogP contribution in [0.4, 0.5) is 8.78 Å². The van der Waals surface area contributed by atoms with E-state index in [2.05, 4.69) is 15.1 Å². The number of nitrogens with zero attached hydrogens (tertiary/aromatic N) is 2. The average molecular weight is 561 g/mol. The zero-order chi connectivity index (χ0) is 26.8. The smallest absolute Gasteiger partial charge is 0.304 e. The van der Waals surface area contributed by atoms with Gasteiger partial charge in [-0.15, -0.1) is 0 Å². The monoisotopic (exact) mass is 559 g/mol. The molecule has 2 aliphatic heterocycles. The summed E-state index contributed by atoms with van der Waals surface area (Å²) in [6.45, 7) is 5.71. The van der Waals surface area contributed by atoms with Crippen molar-refractivity contribution in [1.29, 1.82) is 0 Å². The largest absolute Gasteiger partial charge is 0.481 e. The van der Waals surface area contributed by atoms with E-state index in [1.807, 2.05) is 6.92 Å². The normalized spacial score (nSPS) is 27.9. The second-order valence-electron chi connectivity index (χ2n) is 11.3. The van der Waals surface area contributed by atoms with E-state index in [9.17, 15) is 23.5 Å². The number of likely N-dealkylation sites (tertiary alicyclic amines) is 2. The average Bonchev–Trinajstić information content (AvgIpc) is 3.14. The summed E-state index contributed by atoms with van der Waals surface area (Å²) in [4.78, 5) is 29.9. The van der Waals surface area contributed by atoms with Gasteiger partial charge in [0.1, 0.15) is 0 Å².